The van der Waals surface area contributed by atoms with E-state index in [1.807, 2.05) is 0 Å². The molecule has 1 fully saturated rings. The molecule has 1 atom stereocenters. The average molecular weight is 181 g/mol. The molecule has 2 nitrogen and oxygen atoms in total. The van der Waals surface area contributed by atoms with E-state index in [2.05, 4.69) is 0 Å². The molecule has 0 spiro atoms. The molecule has 0 aromatic heterocycles. The predicted octanol–water partition coefficient (Wildman–Crippen LogP) is 1.56. The summed E-state index contributed by atoms with van der Waals surface area (Å²) in [5.41, 5.74) is 0. The van der Waals surface area contributed by atoms with Gasteiger partial charge >= 0.3 is 6.18 Å². The highest BCUT2D eigenvalue weighted by molar-refractivity contribution is 5.77. The first-order valence-corrected chi connectivity index (χ1v) is 3.83. The summed E-state index contributed by atoms with van der Waals surface area (Å²) in [6.07, 6.45) is -4.05. The van der Waals surface area contributed by atoms with Crippen molar-refractivity contribution < 1.29 is 18.0 Å². The fourth-order valence-corrected chi connectivity index (χ4v) is 1.23. The second-order valence-electron chi connectivity index (χ2n) is 2.79. The van der Waals surface area contributed by atoms with E-state index < -0.39 is 18.1 Å². The van der Waals surface area contributed by atoms with Gasteiger partial charge in [0.15, 0.2) is 0 Å². The van der Waals surface area contributed by atoms with E-state index in [0.717, 1.165) is 4.90 Å². The van der Waals surface area contributed by atoms with E-state index >= 15 is 0 Å². The van der Waals surface area contributed by atoms with E-state index in [1.165, 1.54) is 0 Å². The molecular weight excluding hydrogens is 171 g/mol. The molecule has 1 aliphatic rings. The zero-order valence-corrected chi connectivity index (χ0v) is 6.69. The third-order valence-electron chi connectivity index (χ3n) is 2.02. The zero-order chi connectivity index (χ0) is 9.35. The van der Waals surface area contributed by atoms with Crippen LogP contribution in [0.4, 0.5) is 13.2 Å². The van der Waals surface area contributed by atoms with Crippen molar-refractivity contribution in [3.8, 4) is 0 Å². The van der Waals surface area contributed by atoms with E-state index in [1.54, 1.807) is 6.92 Å². The van der Waals surface area contributed by atoms with Crippen LogP contribution in [0.25, 0.3) is 0 Å². The molecule has 0 N–H and O–H groups in total. The first kappa shape index (κ1) is 9.35. The summed E-state index contributed by atoms with van der Waals surface area (Å²) in [6.45, 7) is 1.81. The van der Waals surface area contributed by atoms with E-state index in [9.17, 15) is 18.0 Å². The molecule has 1 rings (SSSR count). The maximum absolute atomic E-state index is 12.1. The van der Waals surface area contributed by atoms with Gasteiger partial charge in [0, 0.05) is 13.0 Å². The molecular formula is C7H10F3NO. The molecule has 1 saturated heterocycles. The van der Waals surface area contributed by atoms with Crippen LogP contribution in [0.1, 0.15) is 19.8 Å². The molecule has 0 aromatic carbocycles. The van der Waals surface area contributed by atoms with Crippen LogP contribution in [-0.2, 0) is 4.79 Å². The second kappa shape index (κ2) is 2.95. The van der Waals surface area contributed by atoms with Crippen molar-refractivity contribution in [3.63, 3.8) is 0 Å². The number of nitrogens with zero attached hydrogens (tertiary/aromatic N) is 1. The largest absolute Gasteiger partial charge is 0.408 e. The Kier molecular flexibility index (Phi) is 2.30. The third kappa shape index (κ3) is 1.54. The Hall–Kier alpha value is -0.740. The standard InChI is InChI=1S/C7H10F3NO/c1-2-6(12)11-4-3-5(11)7(8,9)10/h5H,2-4H2,1H3. The first-order chi connectivity index (χ1) is 5.46. The highest BCUT2D eigenvalue weighted by Crippen LogP contribution is 2.33. The fourth-order valence-electron chi connectivity index (χ4n) is 1.23. The van der Waals surface area contributed by atoms with Crippen molar-refractivity contribution in [3.05, 3.63) is 0 Å². The van der Waals surface area contributed by atoms with Gasteiger partial charge in [-0.1, -0.05) is 6.92 Å². The number of rotatable bonds is 1. The Bertz CT molecular complexity index is 190. The number of hydrogen-bond acceptors (Lipinski definition) is 1. The zero-order valence-electron chi connectivity index (χ0n) is 6.69. The molecule has 1 aliphatic heterocycles. The van der Waals surface area contributed by atoms with Crippen LogP contribution in [0.2, 0.25) is 0 Å². The van der Waals surface area contributed by atoms with Gasteiger partial charge in [0.2, 0.25) is 5.91 Å². The third-order valence-corrected chi connectivity index (χ3v) is 2.02. The van der Waals surface area contributed by atoms with E-state index in [0.29, 0.717) is 0 Å². The Morgan fingerprint density at radius 1 is 1.58 bits per heavy atom. The summed E-state index contributed by atoms with van der Waals surface area (Å²) in [4.78, 5) is 11.8. The van der Waals surface area contributed by atoms with Crippen LogP contribution < -0.4 is 0 Å². The molecule has 0 aromatic rings. The lowest BCUT2D eigenvalue weighted by molar-refractivity contribution is -0.212. The van der Waals surface area contributed by atoms with Crippen LogP contribution >= 0.6 is 0 Å². The van der Waals surface area contributed by atoms with Crippen molar-refractivity contribution in [2.24, 2.45) is 0 Å². The Balaban J connectivity index is 2.55. The molecule has 0 aliphatic carbocycles. The molecule has 70 valence electrons. The summed E-state index contributed by atoms with van der Waals surface area (Å²) in [7, 11) is 0. The minimum atomic E-state index is -4.25. The fraction of sp³-hybridized carbons (Fsp3) is 0.857. The van der Waals surface area contributed by atoms with Crippen molar-refractivity contribution in [1.29, 1.82) is 0 Å². The monoisotopic (exact) mass is 181 g/mol. The molecule has 1 heterocycles. The van der Waals surface area contributed by atoms with Gasteiger partial charge in [0.1, 0.15) is 6.04 Å². The molecule has 0 radical (unpaired) electrons. The first-order valence-electron chi connectivity index (χ1n) is 3.83. The average Bonchev–Trinajstić information content (AvgIpc) is 1.80. The normalized spacial score (nSPS) is 23.7. The highest BCUT2D eigenvalue weighted by atomic mass is 19.4. The number of carbonyl (C=O) groups excluding carboxylic acids is 1. The number of halogens is 3. The van der Waals surface area contributed by atoms with Crippen molar-refractivity contribution >= 4 is 5.91 Å². The van der Waals surface area contributed by atoms with E-state index in [-0.39, 0.29) is 19.4 Å². The van der Waals surface area contributed by atoms with Crippen LogP contribution in [0.5, 0.6) is 0 Å². The lowest BCUT2D eigenvalue weighted by Gasteiger charge is -2.41. The maximum Gasteiger partial charge on any atom is 0.408 e. The van der Waals surface area contributed by atoms with E-state index in [4.69, 9.17) is 0 Å². The Morgan fingerprint density at radius 2 is 2.17 bits per heavy atom. The minimum Gasteiger partial charge on any atom is -0.330 e. The van der Waals surface area contributed by atoms with Gasteiger partial charge in [-0.05, 0) is 6.42 Å². The quantitative estimate of drug-likeness (QED) is 0.601. The molecule has 0 saturated carbocycles. The minimum absolute atomic E-state index is 0.0508. The van der Waals surface area contributed by atoms with Crippen LogP contribution in [0, 0.1) is 0 Å². The summed E-state index contributed by atoms with van der Waals surface area (Å²) >= 11 is 0. The molecule has 1 amide bonds. The summed E-state index contributed by atoms with van der Waals surface area (Å²) in [5.74, 6) is -0.413. The summed E-state index contributed by atoms with van der Waals surface area (Å²) in [5, 5.41) is 0. The van der Waals surface area contributed by atoms with Gasteiger partial charge in [-0.15, -0.1) is 0 Å². The Morgan fingerprint density at radius 3 is 2.42 bits per heavy atom. The van der Waals surface area contributed by atoms with Crippen LogP contribution in [-0.4, -0.2) is 29.6 Å². The smallest absolute Gasteiger partial charge is 0.330 e. The maximum atomic E-state index is 12.1. The SMILES string of the molecule is CCC(=O)N1CCC1C(F)(F)F. The summed E-state index contributed by atoms with van der Waals surface area (Å²) < 4.78 is 36.2. The van der Waals surface area contributed by atoms with Crippen LogP contribution in [0.3, 0.4) is 0 Å². The topological polar surface area (TPSA) is 20.3 Å². The molecule has 1 unspecified atom stereocenters. The van der Waals surface area contributed by atoms with Crippen molar-refractivity contribution in [2.45, 2.75) is 32.0 Å². The highest BCUT2D eigenvalue weighted by Gasteiger charge is 2.50. The lowest BCUT2D eigenvalue weighted by atomic mass is 10.0. The van der Waals surface area contributed by atoms with Crippen molar-refractivity contribution in [1.82, 2.24) is 4.90 Å². The van der Waals surface area contributed by atoms with Gasteiger partial charge in [-0.25, -0.2) is 0 Å². The van der Waals surface area contributed by atoms with Gasteiger partial charge in [0.25, 0.3) is 0 Å². The number of hydrogen-bond donors (Lipinski definition) is 0. The number of likely N-dealkylation sites (tertiary alicyclic amines) is 1. The Labute approximate surface area is 68.3 Å². The molecule has 0 bridgehead atoms. The van der Waals surface area contributed by atoms with Gasteiger partial charge in [0.05, 0.1) is 0 Å². The van der Waals surface area contributed by atoms with Gasteiger partial charge in [-0.3, -0.25) is 4.79 Å². The van der Waals surface area contributed by atoms with Crippen molar-refractivity contribution in [2.75, 3.05) is 6.54 Å². The number of carbonyl (C=O) groups is 1. The number of amides is 1. The molecule has 12 heavy (non-hydrogen) atoms. The molecule has 5 heteroatoms. The summed E-state index contributed by atoms with van der Waals surface area (Å²) in [6, 6.07) is -1.52. The van der Waals surface area contributed by atoms with Gasteiger partial charge < -0.3 is 4.90 Å². The predicted molar refractivity (Wildman–Crippen MR) is 36.5 cm³/mol. The second-order valence-corrected chi connectivity index (χ2v) is 2.79. The van der Waals surface area contributed by atoms with Gasteiger partial charge in [-0.2, -0.15) is 13.2 Å². The number of alkyl halides is 3. The van der Waals surface area contributed by atoms with Crippen LogP contribution in [0.15, 0.2) is 0 Å². The lowest BCUT2D eigenvalue weighted by Crippen LogP contribution is -2.58.